The molecule has 30 heavy (non-hydrogen) atoms. The van der Waals surface area contributed by atoms with E-state index in [0.717, 1.165) is 11.1 Å². The summed E-state index contributed by atoms with van der Waals surface area (Å²) in [6.45, 7) is 4.79. The van der Waals surface area contributed by atoms with Crippen molar-refractivity contribution in [1.29, 1.82) is 0 Å². The van der Waals surface area contributed by atoms with Crippen LogP contribution in [0.25, 0.3) is 6.08 Å². The average molecular weight is 429 g/mol. The second kappa shape index (κ2) is 8.76. The molecular weight excluding hydrogens is 406 g/mol. The molecular formula is C21H23N3O5S. The van der Waals surface area contributed by atoms with Crippen molar-refractivity contribution in [3.63, 3.8) is 0 Å². The third kappa shape index (κ3) is 4.74. The second-order valence-electron chi connectivity index (χ2n) is 7.16. The number of benzene rings is 2. The maximum atomic E-state index is 12.9. The van der Waals surface area contributed by atoms with Crippen LogP contribution in [0.4, 0.5) is 5.69 Å². The first kappa shape index (κ1) is 21.7. The summed E-state index contributed by atoms with van der Waals surface area (Å²) in [7, 11) is -3.61. The average Bonchev–Trinajstić information content (AvgIpc) is 2.74. The molecule has 1 amide bonds. The Hall–Kier alpha value is -3.04. The number of piperazine rings is 1. The van der Waals surface area contributed by atoms with E-state index in [-0.39, 0.29) is 42.7 Å². The molecule has 2 aromatic carbocycles. The first-order valence-corrected chi connectivity index (χ1v) is 10.9. The first-order chi connectivity index (χ1) is 14.2. The highest BCUT2D eigenvalue weighted by Crippen LogP contribution is 2.21. The summed E-state index contributed by atoms with van der Waals surface area (Å²) in [6, 6.07) is 11.1. The van der Waals surface area contributed by atoms with Crippen molar-refractivity contribution in [3.8, 4) is 0 Å². The second-order valence-corrected chi connectivity index (χ2v) is 9.10. The van der Waals surface area contributed by atoms with Gasteiger partial charge in [0.25, 0.3) is 5.69 Å². The number of carbonyl (C=O) groups is 1. The van der Waals surface area contributed by atoms with Gasteiger partial charge in [0.1, 0.15) is 0 Å². The molecule has 0 bridgehead atoms. The van der Waals surface area contributed by atoms with Crippen molar-refractivity contribution in [2.75, 3.05) is 26.2 Å². The molecule has 0 radical (unpaired) electrons. The number of nitro groups is 1. The lowest BCUT2D eigenvalue weighted by molar-refractivity contribution is -0.384. The van der Waals surface area contributed by atoms with Gasteiger partial charge in [-0.25, -0.2) is 8.42 Å². The van der Waals surface area contributed by atoms with E-state index in [0.29, 0.717) is 5.56 Å². The Labute approximate surface area is 175 Å². The molecule has 158 valence electrons. The molecule has 0 N–H and O–H groups in total. The normalized spacial score (nSPS) is 15.5. The van der Waals surface area contributed by atoms with E-state index in [9.17, 15) is 23.3 Å². The number of amides is 1. The number of nitrogens with zero attached hydrogens (tertiary/aromatic N) is 3. The predicted molar refractivity (Wildman–Crippen MR) is 113 cm³/mol. The van der Waals surface area contributed by atoms with Crippen LogP contribution in [0.3, 0.4) is 0 Å². The summed E-state index contributed by atoms with van der Waals surface area (Å²) >= 11 is 0. The van der Waals surface area contributed by atoms with Gasteiger partial charge < -0.3 is 4.90 Å². The molecule has 0 spiro atoms. The number of rotatable bonds is 5. The highest BCUT2D eigenvalue weighted by molar-refractivity contribution is 7.89. The van der Waals surface area contributed by atoms with Crippen molar-refractivity contribution in [2.45, 2.75) is 18.7 Å². The molecule has 1 saturated heterocycles. The summed E-state index contributed by atoms with van der Waals surface area (Å²) in [4.78, 5) is 24.6. The number of hydrogen-bond acceptors (Lipinski definition) is 5. The summed E-state index contributed by atoms with van der Waals surface area (Å²) < 4.78 is 27.2. The van der Waals surface area contributed by atoms with E-state index in [1.54, 1.807) is 35.2 Å². The third-order valence-corrected chi connectivity index (χ3v) is 7.06. The van der Waals surface area contributed by atoms with E-state index in [2.05, 4.69) is 0 Å². The highest BCUT2D eigenvalue weighted by atomic mass is 32.2. The van der Waals surface area contributed by atoms with Crippen molar-refractivity contribution in [3.05, 3.63) is 75.3 Å². The molecule has 0 atom stereocenters. The van der Waals surface area contributed by atoms with Crippen LogP contribution < -0.4 is 0 Å². The fraction of sp³-hybridized carbons (Fsp3) is 0.286. The first-order valence-electron chi connectivity index (χ1n) is 9.47. The number of hydrogen-bond donors (Lipinski definition) is 0. The van der Waals surface area contributed by atoms with Crippen LogP contribution in [-0.4, -0.2) is 54.6 Å². The van der Waals surface area contributed by atoms with Crippen LogP contribution in [0.2, 0.25) is 0 Å². The van der Waals surface area contributed by atoms with Gasteiger partial charge >= 0.3 is 0 Å². The maximum absolute atomic E-state index is 12.9. The Balaban J connectivity index is 1.63. The zero-order valence-corrected chi connectivity index (χ0v) is 17.6. The number of nitro benzene ring substituents is 1. The Morgan fingerprint density at radius 2 is 1.73 bits per heavy atom. The van der Waals surface area contributed by atoms with Crippen molar-refractivity contribution in [1.82, 2.24) is 9.21 Å². The molecule has 0 unspecified atom stereocenters. The van der Waals surface area contributed by atoms with Gasteiger partial charge in [0.15, 0.2) is 0 Å². The third-order valence-electron chi connectivity index (χ3n) is 5.17. The van der Waals surface area contributed by atoms with E-state index in [4.69, 9.17) is 0 Å². The molecule has 0 saturated carbocycles. The van der Waals surface area contributed by atoms with Crippen LogP contribution in [0.1, 0.15) is 16.7 Å². The van der Waals surface area contributed by atoms with Crippen LogP contribution >= 0.6 is 0 Å². The molecule has 8 nitrogen and oxygen atoms in total. The fourth-order valence-corrected chi connectivity index (χ4v) is 4.70. The number of aryl methyl sites for hydroxylation is 2. The maximum Gasteiger partial charge on any atom is 0.270 e. The molecule has 1 fully saturated rings. The van der Waals surface area contributed by atoms with Crippen molar-refractivity contribution < 1.29 is 18.1 Å². The standard InChI is InChI=1S/C21H23N3O5S/c1-16-6-8-20(14-17(16)2)30(28,29)23-12-10-22(11-13-23)21(25)9-7-18-4-3-5-19(15-18)24(26)27/h3-9,14-15H,10-13H2,1-2H3/b9-7+. The van der Waals surface area contributed by atoms with Crippen molar-refractivity contribution >= 4 is 27.7 Å². The molecule has 0 aliphatic carbocycles. The van der Waals surface area contributed by atoms with E-state index < -0.39 is 14.9 Å². The van der Waals surface area contributed by atoms with Gasteiger partial charge in [-0.3, -0.25) is 14.9 Å². The van der Waals surface area contributed by atoms with Gasteiger partial charge in [0.2, 0.25) is 15.9 Å². The minimum atomic E-state index is -3.61. The molecule has 9 heteroatoms. The Kier molecular flexibility index (Phi) is 6.33. The monoisotopic (exact) mass is 429 g/mol. The van der Waals surface area contributed by atoms with E-state index in [1.807, 2.05) is 13.8 Å². The zero-order chi connectivity index (χ0) is 21.9. The molecule has 3 rings (SSSR count). The molecule has 1 heterocycles. The van der Waals surface area contributed by atoms with Gasteiger partial charge in [0.05, 0.1) is 9.82 Å². The lowest BCUT2D eigenvalue weighted by Crippen LogP contribution is -2.50. The zero-order valence-electron chi connectivity index (χ0n) is 16.8. The fourth-order valence-electron chi connectivity index (χ4n) is 3.19. The SMILES string of the molecule is Cc1ccc(S(=O)(=O)N2CCN(C(=O)/C=C/c3cccc([N+](=O)[O-])c3)CC2)cc1C. The van der Waals surface area contributed by atoms with Gasteiger partial charge in [-0.1, -0.05) is 18.2 Å². The Morgan fingerprint density at radius 3 is 2.37 bits per heavy atom. The minimum Gasteiger partial charge on any atom is -0.337 e. The van der Waals surface area contributed by atoms with Gasteiger partial charge in [0, 0.05) is 44.4 Å². The van der Waals surface area contributed by atoms with Crippen LogP contribution in [0.15, 0.2) is 53.4 Å². The molecule has 1 aliphatic rings. The molecule has 2 aromatic rings. The van der Waals surface area contributed by atoms with Crippen LogP contribution in [0, 0.1) is 24.0 Å². The Bertz CT molecular complexity index is 1100. The van der Waals surface area contributed by atoms with Gasteiger partial charge in [-0.05, 0) is 48.7 Å². The highest BCUT2D eigenvalue weighted by Gasteiger charge is 2.29. The lowest BCUT2D eigenvalue weighted by atomic mass is 10.1. The molecule has 1 aliphatic heterocycles. The smallest absolute Gasteiger partial charge is 0.270 e. The van der Waals surface area contributed by atoms with Gasteiger partial charge in [-0.2, -0.15) is 4.31 Å². The minimum absolute atomic E-state index is 0.0465. The summed E-state index contributed by atoms with van der Waals surface area (Å²) in [5.74, 6) is -0.260. The lowest BCUT2D eigenvalue weighted by Gasteiger charge is -2.33. The summed E-state index contributed by atoms with van der Waals surface area (Å²) in [6.07, 6.45) is 2.88. The number of sulfonamides is 1. The number of carbonyl (C=O) groups excluding carboxylic acids is 1. The summed E-state index contributed by atoms with van der Waals surface area (Å²) in [5.41, 5.74) is 2.44. The number of non-ortho nitro benzene ring substituents is 1. The molecule has 0 aromatic heterocycles. The van der Waals surface area contributed by atoms with E-state index >= 15 is 0 Å². The largest absolute Gasteiger partial charge is 0.337 e. The van der Waals surface area contributed by atoms with Crippen molar-refractivity contribution in [2.24, 2.45) is 0 Å². The van der Waals surface area contributed by atoms with Crippen LogP contribution in [-0.2, 0) is 14.8 Å². The Morgan fingerprint density at radius 1 is 1.03 bits per heavy atom. The topological polar surface area (TPSA) is 101 Å². The van der Waals surface area contributed by atoms with E-state index in [1.165, 1.54) is 28.6 Å². The van der Waals surface area contributed by atoms with Crippen LogP contribution in [0.5, 0.6) is 0 Å². The predicted octanol–water partition coefficient (Wildman–Crippen LogP) is 2.76. The summed E-state index contributed by atoms with van der Waals surface area (Å²) in [5, 5.41) is 10.8. The van der Waals surface area contributed by atoms with Gasteiger partial charge in [-0.15, -0.1) is 0 Å². The quantitative estimate of drug-likeness (QED) is 0.413.